The zero-order valence-corrected chi connectivity index (χ0v) is 17.9. The lowest BCUT2D eigenvalue weighted by atomic mass is 9.98. The quantitative estimate of drug-likeness (QED) is 0.768. The Labute approximate surface area is 176 Å². The number of hydrogen-bond donors (Lipinski definition) is 2. The first-order chi connectivity index (χ1) is 14.6. The van der Waals surface area contributed by atoms with E-state index in [0.29, 0.717) is 43.8 Å². The van der Waals surface area contributed by atoms with Crippen LogP contribution in [-0.2, 0) is 11.2 Å². The molecule has 2 N–H and O–H groups in total. The molecule has 0 spiro atoms. The standard InChI is InChI=1S/C21H30N6O3/c1-14-9-16(11-23-21(14)29-3)27-19-17(6-8-30-13-24-19)18(25-27)20(28)22-10-15-5-4-7-26(2)12-15/h9,11,15,24H,4-8,10,12-13H2,1-3H3,(H,22,28). The summed E-state index contributed by atoms with van der Waals surface area (Å²) in [4.78, 5) is 19.7. The third-order valence-corrected chi connectivity index (χ3v) is 5.76. The van der Waals surface area contributed by atoms with Crippen molar-refractivity contribution in [2.24, 2.45) is 5.92 Å². The highest BCUT2D eigenvalue weighted by atomic mass is 16.5. The molecule has 0 bridgehead atoms. The van der Waals surface area contributed by atoms with Gasteiger partial charge in [0.05, 0.1) is 25.6 Å². The number of carbonyl (C=O) groups is 1. The van der Waals surface area contributed by atoms with E-state index >= 15 is 0 Å². The second kappa shape index (κ2) is 9.01. The van der Waals surface area contributed by atoms with Gasteiger partial charge < -0.3 is 25.0 Å². The van der Waals surface area contributed by atoms with Crippen molar-refractivity contribution < 1.29 is 14.3 Å². The second-order valence-electron chi connectivity index (χ2n) is 8.07. The van der Waals surface area contributed by atoms with E-state index in [1.54, 1.807) is 18.0 Å². The SMILES string of the molecule is COc1ncc(-n2nc(C(=O)NCC3CCCN(C)C3)c3c2NCOCC3)cc1C. The van der Waals surface area contributed by atoms with Crippen molar-refractivity contribution in [3.63, 3.8) is 0 Å². The number of aromatic nitrogens is 3. The van der Waals surface area contributed by atoms with Gasteiger partial charge in [-0.15, -0.1) is 0 Å². The zero-order valence-electron chi connectivity index (χ0n) is 17.9. The van der Waals surface area contributed by atoms with Crippen LogP contribution in [0, 0.1) is 12.8 Å². The molecule has 0 radical (unpaired) electrons. The van der Waals surface area contributed by atoms with Crippen molar-refractivity contribution in [2.75, 3.05) is 52.4 Å². The fraction of sp³-hybridized carbons (Fsp3) is 0.571. The van der Waals surface area contributed by atoms with E-state index in [4.69, 9.17) is 9.47 Å². The number of piperidine rings is 1. The Hall–Kier alpha value is -2.65. The van der Waals surface area contributed by atoms with Gasteiger partial charge in [0.25, 0.3) is 5.91 Å². The largest absolute Gasteiger partial charge is 0.481 e. The summed E-state index contributed by atoms with van der Waals surface area (Å²) in [5, 5.41) is 11.0. The molecule has 2 aliphatic heterocycles. The van der Waals surface area contributed by atoms with Crippen molar-refractivity contribution in [1.29, 1.82) is 0 Å². The van der Waals surface area contributed by atoms with Crippen LogP contribution in [0.1, 0.15) is 34.5 Å². The second-order valence-corrected chi connectivity index (χ2v) is 8.07. The van der Waals surface area contributed by atoms with Gasteiger partial charge in [0.15, 0.2) is 5.69 Å². The molecule has 1 fully saturated rings. The molecule has 2 aromatic heterocycles. The predicted molar refractivity (Wildman–Crippen MR) is 113 cm³/mol. The molecule has 1 atom stereocenters. The van der Waals surface area contributed by atoms with Crippen LogP contribution < -0.4 is 15.4 Å². The van der Waals surface area contributed by atoms with Gasteiger partial charge in [0.2, 0.25) is 5.88 Å². The minimum Gasteiger partial charge on any atom is -0.481 e. The first-order valence-electron chi connectivity index (χ1n) is 10.5. The monoisotopic (exact) mass is 414 g/mol. The van der Waals surface area contributed by atoms with E-state index in [-0.39, 0.29) is 5.91 Å². The Kier molecular flexibility index (Phi) is 6.19. The van der Waals surface area contributed by atoms with Gasteiger partial charge in [-0.25, -0.2) is 9.67 Å². The predicted octanol–water partition coefficient (Wildman–Crippen LogP) is 1.60. The number of likely N-dealkylation sites (tertiary alicyclic amines) is 1. The number of hydrogen-bond acceptors (Lipinski definition) is 7. The average Bonchev–Trinajstić information content (AvgIpc) is 2.93. The average molecular weight is 415 g/mol. The molecule has 2 aromatic rings. The van der Waals surface area contributed by atoms with Crippen LogP contribution >= 0.6 is 0 Å². The van der Waals surface area contributed by atoms with Crippen LogP contribution in [0.2, 0.25) is 0 Å². The van der Waals surface area contributed by atoms with Crippen molar-refractivity contribution >= 4 is 11.7 Å². The Morgan fingerprint density at radius 3 is 3.10 bits per heavy atom. The Morgan fingerprint density at radius 2 is 2.33 bits per heavy atom. The number of pyridine rings is 1. The summed E-state index contributed by atoms with van der Waals surface area (Å²) in [7, 11) is 3.73. The Balaban J connectivity index is 1.60. The van der Waals surface area contributed by atoms with Gasteiger partial charge in [-0.1, -0.05) is 0 Å². The third kappa shape index (κ3) is 4.27. The van der Waals surface area contributed by atoms with Crippen LogP contribution in [-0.4, -0.2) is 72.7 Å². The van der Waals surface area contributed by atoms with Gasteiger partial charge >= 0.3 is 0 Å². The summed E-state index contributed by atoms with van der Waals surface area (Å²) in [5.41, 5.74) is 2.99. The maximum Gasteiger partial charge on any atom is 0.272 e. The Morgan fingerprint density at radius 1 is 1.47 bits per heavy atom. The number of methoxy groups -OCH3 is 1. The maximum atomic E-state index is 13.1. The van der Waals surface area contributed by atoms with Crippen LogP contribution in [0.4, 0.5) is 5.82 Å². The summed E-state index contributed by atoms with van der Waals surface area (Å²) in [6.45, 7) is 5.65. The summed E-state index contributed by atoms with van der Waals surface area (Å²) in [6.07, 6.45) is 4.64. The minimum absolute atomic E-state index is 0.139. The van der Waals surface area contributed by atoms with Crippen LogP contribution in [0.25, 0.3) is 5.69 Å². The van der Waals surface area contributed by atoms with E-state index in [9.17, 15) is 4.79 Å². The van der Waals surface area contributed by atoms with Gasteiger partial charge in [0, 0.05) is 30.6 Å². The van der Waals surface area contributed by atoms with E-state index in [0.717, 1.165) is 42.1 Å². The number of anilines is 1. The number of fused-ring (bicyclic) bond motifs is 1. The molecule has 1 saturated heterocycles. The molecule has 0 aliphatic carbocycles. The molecular formula is C21H30N6O3. The Bertz CT molecular complexity index is 912. The highest BCUT2D eigenvalue weighted by Gasteiger charge is 2.26. The molecule has 162 valence electrons. The molecule has 4 rings (SSSR count). The lowest BCUT2D eigenvalue weighted by Crippen LogP contribution is -2.39. The first kappa shape index (κ1) is 20.6. The van der Waals surface area contributed by atoms with E-state index in [2.05, 4.69) is 32.7 Å². The molecule has 1 unspecified atom stereocenters. The first-order valence-corrected chi connectivity index (χ1v) is 10.5. The number of amides is 1. The topological polar surface area (TPSA) is 93.5 Å². The fourth-order valence-corrected chi connectivity index (χ4v) is 4.24. The minimum atomic E-state index is -0.139. The van der Waals surface area contributed by atoms with Gasteiger partial charge in [-0.3, -0.25) is 4.79 Å². The van der Waals surface area contributed by atoms with E-state index in [1.165, 1.54) is 6.42 Å². The number of aryl methyl sites for hydroxylation is 1. The van der Waals surface area contributed by atoms with Gasteiger partial charge in [0.1, 0.15) is 12.5 Å². The normalized spacial score (nSPS) is 19.5. The van der Waals surface area contributed by atoms with Crippen molar-refractivity contribution in [2.45, 2.75) is 26.2 Å². The van der Waals surface area contributed by atoms with Crippen molar-refractivity contribution in [1.82, 2.24) is 25.0 Å². The fourth-order valence-electron chi connectivity index (χ4n) is 4.24. The number of nitrogens with zero attached hydrogens (tertiary/aromatic N) is 4. The molecule has 9 heteroatoms. The molecule has 4 heterocycles. The summed E-state index contributed by atoms with van der Waals surface area (Å²) >= 11 is 0. The maximum absolute atomic E-state index is 13.1. The third-order valence-electron chi connectivity index (χ3n) is 5.76. The molecule has 2 aliphatic rings. The summed E-state index contributed by atoms with van der Waals surface area (Å²) in [6, 6.07) is 1.95. The van der Waals surface area contributed by atoms with Crippen molar-refractivity contribution in [3.8, 4) is 11.6 Å². The molecule has 1 amide bonds. The van der Waals surface area contributed by atoms with Gasteiger partial charge in [-0.2, -0.15) is 5.10 Å². The highest BCUT2D eigenvalue weighted by molar-refractivity contribution is 5.95. The molecular weight excluding hydrogens is 384 g/mol. The van der Waals surface area contributed by atoms with Crippen LogP contribution in [0.15, 0.2) is 12.3 Å². The van der Waals surface area contributed by atoms with Crippen LogP contribution in [0.5, 0.6) is 5.88 Å². The van der Waals surface area contributed by atoms with Gasteiger partial charge in [-0.05, 0) is 45.3 Å². The number of rotatable bonds is 5. The smallest absolute Gasteiger partial charge is 0.272 e. The molecule has 30 heavy (non-hydrogen) atoms. The van der Waals surface area contributed by atoms with Crippen LogP contribution in [0.3, 0.4) is 0 Å². The lowest BCUT2D eigenvalue weighted by molar-refractivity contribution is 0.0929. The summed E-state index contributed by atoms with van der Waals surface area (Å²) < 4.78 is 12.6. The van der Waals surface area contributed by atoms with E-state index < -0.39 is 0 Å². The molecule has 0 saturated carbocycles. The molecule has 0 aromatic carbocycles. The summed E-state index contributed by atoms with van der Waals surface area (Å²) in [5.74, 6) is 1.69. The lowest BCUT2D eigenvalue weighted by Gasteiger charge is -2.29. The number of carbonyl (C=O) groups excluding carboxylic acids is 1. The number of ether oxygens (including phenoxy) is 2. The van der Waals surface area contributed by atoms with Crippen molar-refractivity contribution in [3.05, 3.63) is 29.1 Å². The number of nitrogens with one attached hydrogen (secondary N) is 2. The highest BCUT2D eigenvalue weighted by Crippen LogP contribution is 2.28. The van der Waals surface area contributed by atoms with E-state index in [1.807, 2.05) is 13.0 Å². The zero-order chi connectivity index (χ0) is 21.1. The molecule has 9 nitrogen and oxygen atoms in total.